The Morgan fingerprint density at radius 3 is 3.05 bits per heavy atom. The van der Waals surface area contributed by atoms with Gasteiger partial charge in [0.2, 0.25) is 0 Å². The fourth-order valence-corrected chi connectivity index (χ4v) is 3.93. The van der Waals surface area contributed by atoms with Crippen LogP contribution in [0.3, 0.4) is 0 Å². The summed E-state index contributed by atoms with van der Waals surface area (Å²) in [6.45, 7) is 3.45. The van der Waals surface area contributed by atoms with Crippen molar-refractivity contribution in [1.29, 1.82) is 0 Å². The number of thioether (sulfide) groups is 1. The molecule has 0 spiro atoms. The van der Waals surface area contributed by atoms with Crippen LogP contribution >= 0.6 is 23.3 Å². The third-order valence-electron chi connectivity index (χ3n) is 3.33. The van der Waals surface area contributed by atoms with E-state index in [2.05, 4.69) is 21.2 Å². The molecular weight excluding hydrogens is 310 g/mol. The summed E-state index contributed by atoms with van der Waals surface area (Å²) in [7, 11) is 1.39. The highest BCUT2D eigenvalue weighted by Gasteiger charge is 2.30. The van der Waals surface area contributed by atoms with Gasteiger partial charge in [0, 0.05) is 18.3 Å². The standard InChI is InChI=1S/C13H19N3O3S2/c1-3-4-10-12(21-15-14-10)13(18)16-6-5-9(7-16)20-8-11(17)19-2/h9H,3-8H2,1-2H3/t9-/m0/s1. The number of carbonyl (C=O) groups excluding carboxylic acids is 2. The van der Waals surface area contributed by atoms with Crippen LogP contribution in [0.1, 0.15) is 35.1 Å². The molecule has 0 aromatic carbocycles. The van der Waals surface area contributed by atoms with E-state index in [1.54, 1.807) is 11.8 Å². The van der Waals surface area contributed by atoms with Gasteiger partial charge < -0.3 is 9.64 Å². The predicted molar refractivity (Wildman–Crippen MR) is 82.7 cm³/mol. The van der Waals surface area contributed by atoms with E-state index in [9.17, 15) is 9.59 Å². The number of amides is 1. The van der Waals surface area contributed by atoms with Crippen LogP contribution < -0.4 is 0 Å². The monoisotopic (exact) mass is 329 g/mol. The molecule has 0 aliphatic carbocycles. The van der Waals surface area contributed by atoms with Crippen molar-refractivity contribution in [2.45, 2.75) is 31.4 Å². The van der Waals surface area contributed by atoms with E-state index in [0.717, 1.165) is 31.5 Å². The molecule has 0 saturated carbocycles. The zero-order chi connectivity index (χ0) is 15.2. The lowest BCUT2D eigenvalue weighted by Crippen LogP contribution is -2.29. The number of aromatic nitrogens is 2. The van der Waals surface area contributed by atoms with Gasteiger partial charge in [0.1, 0.15) is 4.88 Å². The third kappa shape index (κ3) is 4.16. The van der Waals surface area contributed by atoms with Crippen LogP contribution in [0.2, 0.25) is 0 Å². The maximum atomic E-state index is 12.5. The van der Waals surface area contributed by atoms with Crippen LogP contribution in [-0.2, 0) is 16.0 Å². The molecule has 0 radical (unpaired) electrons. The molecule has 1 fully saturated rings. The topological polar surface area (TPSA) is 72.4 Å². The first-order valence-corrected chi connectivity index (χ1v) is 8.76. The Kier molecular flexibility index (Phi) is 5.98. The van der Waals surface area contributed by atoms with Gasteiger partial charge in [-0.05, 0) is 24.4 Å². The zero-order valence-corrected chi connectivity index (χ0v) is 13.8. The van der Waals surface area contributed by atoms with Crippen molar-refractivity contribution in [1.82, 2.24) is 14.5 Å². The minimum Gasteiger partial charge on any atom is -0.468 e. The molecule has 0 N–H and O–H groups in total. The summed E-state index contributed by atoms with van der Waals surface area (Å²) in [5.41, 5.74) is 0.804. The normalized spacial score (nSPS) is 18.0. The summed E-state index contributed by atoms with van der Waals surface area (Å²) in [6.07, 6.45) is 2.64. The van der Waals surface area contributed by atoms with E-state index >= 15 is 0 Å². The Balaban J connectivity index is 1.90. The molecule has 1 aromatic heterocycles. The van der Waals surface area contributed by atoms with E-state index < -0.39 is 0 Å². The largest absolute Gasteiger partial charge is 0.468 e. The Hall–Kier alpha value is -1.15. The fourth-order valence-electron chi connectivity index (χ4n) is 2.21. The van der Waals surface area contributed by atoms with E-state index in [-0.39, 0.29) is 11.9 Å². The maximum absolute atomic E-state index is 12.5. The van der Waals surface area contributed by atoms with Gasteiger partial charge in [-0.25, -0.2) is 0 Å². The molecular formula is C13H19N3O3S2. The summed E-state index contributed by atoms with van der Waals surface area (Å²) < 4.78 is 8.53. The molecule has 1 atom stereocenters. The van der Waals surface area contributed by atoms with Crippen molar-refractivity contribution < 1.29 is 14.3 Å². The number of esters is 1. The van der Waals surface area contributed by atoms with Crippen LogP contribution in [0, 0.1) is 0 Å². The zero-order valence-electron chi connectivity index (χ0n) is 12.2. The first-order chi connectivity index (χ1) is 10.2. The van der Waals surface area contributed by atoms with Crippen molar-refractivity contribution in [3.8, 4) is 0 Å². The molecule has 1 saturated heterocycles. The van der Waals surface area contributed by atoms with Gasteiger partial charge in [-0.3, -0.25) is 9.59 Å². The van der Waals surface area contributed by atoms with Crippen molar-refractivity contribution in [2.24, 2.45) is 0 Å². The summed E-state index contributed by atoms with van der Waals surface area (Å²) in [5, 5.41) is 4.34. The molecule has 0 bridgehead atoms. The number of ether oxygens (including phenoxy) is 1. The third-order valence-corrected chi connectivity index (χ3v) is 5.35. The smallest absolute Gasteiger partial charge is 0.315 e. The Bertz CT molecular complexity index is 507. The second kappa shape index (κ2) is 7.74. The minimum atomic E-state index is -0.221. The molecule has 2 rings (SSSR count). The Morgan fingerprint density at radius 2 is 2.33 bits per heavy atom. The number of nitrogens with zero attached hydrogens (tertiary/aromatic N) is 3. The summed E-state index contributed by atoms with van der Waals surface area (Å²) in [4.78, 5) is 26.1. The lowest BCUT2D eigenvalue weighted by molar-refractivity contribution is -0.137. The number of rotatable bonds is 6. The molecule has 1 aromatic rings. The number of methoxy groups -OCH3 is 1. The first kappa shape index (κ1) is 16.2. The van der Waals surface area contributed by atoms with Crippen molar-refractivity contribution in [3.05, 3.63) is 10.6 Å². The lowest BCUT2D eigenvalue weighted by atomic mass is 10.2. The molecule has 116 valence electrons. The number of aryl methyl sites for hydroxylation is 1. The van der Waals surface area contributed by atoms with Crippen LogP contribution in [-0.4, -0.2) is 57.6 Å². The SMILES string of the molecule is CCCc1nnsc1C(=O)N1CC[C@H](SCC(=O)OC)C1. The van der Waals surface area contributed by atoms with Crippen molar-refractivity contribution in [2.75, 3.05) is 26.0 Å². The number of carbonyl (C=O) groups is 2. The Morgan fingerprint density at radius 1 is 1.52 bits per heavy atom. The van der Waals surface area contributed by atoms with Gasteiger partial charge in [0.25, 0.3) is 5.91 Å². The van der Waals surface area contributed by atoms with Gasteiger partial charge in [0.15, 0.2) is 0 Å². The predicted octanol–water partition coefficient (Wildman–Crippen LogP) is 1.61. The first-order valence-electron chi connectivity index (χ1n) is 6.94. The molecule has 2 heterocycles. The number of likely N-dealkylation sites (tertiary alicyclic amines) is 1. The second-order valence-electron chi connectivity index (χ2n) is 4.85. The average Bonchev–Trinajstić information content (AvgIpc) is 3.13. The van der Waals surface area contributed by atoms with Crippen LogP contribution in [0.4, 0.5) is 0 Å². The van der Waals surface area contributed by atoms with Crippen molar-refractivity contribution in [3.63, 3.8) is 0 Å². The number of hydrogen-bond donors (Lipinski definition) is 0. The van der Waals surface area contributed by atoms with Gasteiger partial charge in [0.05, 0.1) is 18.6 Å². The molecule has 8 heteroatoms. The fraction of sp³-hybridized carbons (Fsp3) is 0.692. The molecule has 1 amide bonds. The van der Waals surface area contributed by atoms with E-state index in [1.165, 1.54) is 18.6 Å². The highest BCUT2D eigenvalue weighted by molar-refractivity contribution is 8.00. The molecule has 6 nitrogen and oxygen atoms in total. The highest BCUT2D eigenvalue weighted by Crippen LogP contribution is 2.25. The molecule has 0 unspecified atom stereocenters. The summed E-state index contributed by atoms with van der Waals surface area (Å²) in [6, 6.07) is 0. The quantitative estimate of drug-likeness (QED) is 0.738. The Labute approximate surface area is 132 Å². The summed E-state index contributed by atoms with van der Waals surface area (Å²) >= 11 is 2.73. The minimum absolute atomic E-state index is 0.0228. The number of hydrogen-bond acceptors (Lipinski definition) is 7. The highest BCUT2D eigenvalue weighted by atomic mass is 32.2. The van der Waals surface area contributed by atoms with Gasteiger partial charge in [-0.2, -0.15) is 0 Å². The molecule has 1 aliphatic rings. The lowest BCUT2D eigenvalue weighted by Gasteiger charge is -2.15. The van der Waals surface area contributed by atoms with Crippen LogP contribution in [0.25, 0.3) is 0 Å². The van der Waals surface area contributed by atoms with E-state index in [0.29, 0.717) is 22.4 Å². The van der Waals surface area contributed by atoms with Gasteiger partial charge >= 0.3 is 5.97 Å². The summed E-state index contributed by atoms with van der Waals surface area (Å²) in [5.74, 6) is 0.142. The van der Waals surface area contributed by atoms with E-state index in [4.69, 9.17) is 0 Å². The molecule has 1 aliphatic heterocycles. The van der Waals surface area contributed by atoms with E-state index in [1.807, 2.05) is 4.90 Å². The van der Waals surface area contributed by atoms with Gasteiger partial charge in [-0.15, -0.1) is 16.9 Å². The molecule has 21 heavy (non-hydrogen) atoms. The van der Waals surface area contributed by atoms with Crippen LogP contribution in [0.5, 0.6) is 0 Å². The average molecular weight is 329 g/mol. The maximum Gasteiger partial charge on any atom is 0.315 e. The second-order valence-corrected chi connectivity index (χ2v) is 6.89. The van der Waals surface area contributed by atoms with Crippen LogP contribution in [0.15, 0.2) is 0 Å². The van der Waals surface area contributed by atoms with Gasteiger partial charge in [-0.1, -0.05) is 17.8 Å². The van der Waals surface area contributed by atoms with Crippen molar-refractivity contribution >= 4 is 35.2 Å².